The summed E-state index contributed by atoms with van der Waals surface area (Å²) in [4.78, 5) is 50.6. The average molecular weight is 533 g/mol. The smallest absolute Gasteiger partial charge is 0.277 e. The Balaban J connectivity index is 1.33. The number of aromatic nitrogens is 6. The van der Waals surface area contributed by atoms with Crippen LogP contribution in [0.5, 0.6) is 0 Å². The van der Waals surface area contributed by atoms with Crippen LogP contribution in [-0.4, -0.2) is 66.5 Å². The van der Waals surface area contributed by atoms with Crippen molar-refractivity contribution in [3.05, 3.63) is 101 Å². The second-order valence-corrected chi connectivity index (χ2v) is 9.73. The van der Waals surface area contributed by atoms with Crippen molar-refractivity contribution in [3.8, 4) is 0 Å². The Morgan fingerprint density at radius 1 is 0.895 bits per heavy atom. The van der Waals surface area contributed by atoms with Gasteiger partial charge in [-0.25, -0.2) is 24.3 Å². The van der Waals surface area contributed by atoms with E-state index >= 15 is 0 Å². The number of carbonyl (C=O) groups is 1. The van der Waals surface area contributed by atoms with Crippen LogP contribution in [0.25, 0.3) is 0 Å². The fraction of sp³-hybridized carbons (Fsp3) is 0.269. The monoisotopic (exact) mass is 532 g/mol. The summed E-state index contributed by atoms with van der Waals surface area (Å²) < 4.78 is 15.0. The number of rotatable bonds is 8. The lowest BCUT2D eigenvalue weighted by Crippen LogP contribution is -2.49. The van der Waals surface area contributed by atoms with E-state index in [4.69, 9.17) is 0 Å². The molecule has 0 bridgehead atoms. The first-order valence-corrected chi connectivity index (χ1v) is 13.0. The first-order chi connectivity index (χ1) is 18.5. The fourth-order valence-corrected chi connectivity index (χ4v) is 5.07. The molecule has 194 valence electrons. The van der Waals surface area contributed by atoms with Crippen molar-refractivity contribution in [1.29, 1.82) is 0 Å². The number of amides is 1. The Bertz CT molecular complexity index is 1430. The molecule has 4 aromatic rings. The van der Waals surface area contributed by atoms with Gasteiger partial charge in [-0.3, -0.25) is 9.59 Å². The molecule has 5 rings (SSSR count). The summed E-state index contributed by atoms with van der Waals surface area (Å²) in [5.41, 5.74) is 2.68. The highest BCUT2D eigenvalue weighted by atomic mass is 32.2. The molecule has 0 aliphatic carbocycles. The molecule has 1 fully saturated rings. The van der Waals surface area contributed by atoms with Crippen LogP contribution in [0.15, 0.2) is 77.9 Å². The van der Waals surface area contributed by atoms with Crippen LogP contribution in [-0.2, 0) is 23.5 Å². The minimum absolute atomic E-state index is 0.0474. The van der Waals surface area contributed by atoms with Gasteiger partial charge in [-0.15, -0.1) is 0 Å². The fourth-order valence-electron chi connectivity index (χ4n) is 4.16. The minimum Gasteiger partial charge on any atom is -0.365 e. The number of thioether (sulfide) groups is 1. The molecule has 0 saturated carbocycles. The largest absolute Gasteiger partial charge is 0.365 e. The number of hydrogen-bond acceptors (Lipinski definition) is 9. The highest BCUT2D eigenvalue weighted by Crippen LogP contribution is 2.22. The van der Waals surface area contributed by atoms with Gasteiger partial charge in [0.15, 0.2) is 5.16 Å². The van der Waals surface area contributed by atoms with E-state index < -0.39 is 0 Å². The van der Waals surface area contributed by atoms with Crippen LogP contribution >= 0.6 is 11.8 Å². The maximum absolute atomic E-state index is 13.3. The van der Waals surface area contributed by atoms with Crippen LogP contribution in [0, 0.1) is 5.82 Å². The normalized spacial score (nSPS) is 13.5. The molecule has 1 aromatic carbocycles. The van der Waals surface area contributed by atoms with Gasteiger partial charge in [0, 0.05) is 62.5 Å². The third-order valence-corrected chi connectivity index (χ3v) is 7.23. The van der Waals surface area contributed by atoms with Gasteiger partial charge in [0.2, 0.25) is 5.91 Å². The zero-order valence-corrected chi connectivity index (χ0v) is 21.3. The van der Waals surface area contributed by atoms with Crippen molar-refractivity contribution in [1.82, 2.24) is 34.4 Å². The topological polar surface area (TPSA) is 110 Å². The number of nitrogens with zero attached hydrogens (tertiary/aromatic N) is 8. The lowest BCUT2D eigenvalue weighted by atomic mass is 10.1. The third-order valence-electron chi connectivity index (χ3n) is 6.17. The van der Waals surface area contributed by atoms with Gasteiger partial charge >= 0.3 is 0 Å². The predicted octanol–water partition coefficient (Wildman–Crippen LogP) is 2.19. The molecule has 0 radical (unpaired) electrons. The van der Waals surface area contributed by atoms with Gasteiger partial charge in [-0.05, 0) is 23.3 Å². The average Bonchev–Trinajstić information content (AvgIpc) is 2.96. The number of carbonyl (C=O) groups excluding carboxylic acids is 1. The van der Waals surface area contributed by atoms with Crippen molar-refractivity contribution in [2.75, 3.05) is 31.1 Å². The summed E-state index contributed by atoms with van der Waals surface area (Å²) in [5.74, 6) is 0.107. The molecule has 0 atom stereocenters. The molecule has 38 heavy (non-hydrogen) atoms. The van der Waals surface area contributed by atoms with Crippen LogP contribution in [0.4, 0.5) is 10.1 Å². The van der Waals surface area contributed by atoms with E-state index in [1.165, 1.54) is 36.5 Å². The SMILES string of the molecule is O=C(Cn1cc(Cc2cncnc2)c(=O)nc1SCc1ccc(F)cc1)N1CCN(c2cncnc2)CC1. The van der Waals surface area contributed by atoms with Crippen molar-refractivity contribution < 1.29 is 9.18 Å². The zero-order valence-electron chi connectivity index (χ0n) is 20.5. The molecule has 3 aromatic heterocycles. The highest BCUT2D eigenvalue weighted by molar-refractivity contribution is 7.98. The lowest BCUT2D eigenvalue weighted by molar-refractivity contribution is -0.132. The molecule has 10 nitrogen and oxygen atoms in total. The standard InChI is InChI=1S/C26H25FN8O2S/c27-22-3-1-19(2-4-22)16-38-26-32-25(37)21(9-20-10-28-17-29-11-20)14-35(26)15-24(36)34-7-5-33(6-8-34)23-12-30-18-31-13-23/h1-4,10-14,17-18H,5-9,15-16H2. The quantitative estimate of drug-likeness (QED) is 0.249. The number of halogens is 1. The summed E-state index contributed by atoms with van der Waals surface area (Å²) >= 11 is 1.33. The van der Waals surface area contributed by atoms with Crippen molar-refractivity contribution in [2.24, 2.45) is 0 Å². The van der Waals surface area contributed by atoms with E-state index in [2.05, 4.69) is 29.8 Å². The summed E-state index contributed by atoms with van der Waals surface area (Å²) in [7, 11) is 0. The molecule has 1 aliphatic heterocycles. The summed E-state index contributed by atoms with van der Waals surface area (Å²) in [6, 6.07) is 6.17. The Morgan fingerprint density at radius 2 is 1.55 bits per heavy atom. The third kappa shape index (κ3) is 6.38. The Hall–Kier alpha value is -4.19. The molecule has 1 saturated heterocycles. The first kappa shape index (κ1) is 25.5. The minimum atomic E-state index is -0.363. The van der Waals surface area contributed by atoms with Crippen molar-refractivity contribution >= 4 is 23.4 Å². The van der Waals surface area contributed by atoms with E-state index in [-0.39, 0.29) is 23.8 Å². The zero-order chi connectivity index (χ0) is 26.3. The van der Waals surface area contributed by atoms with Crippen LogP contribution < -0.4 is 10.5 Å². The van der Waals surface area contributed by atoms with E-state index in [9.17, 15) is 14.0 Å². The molecular formula is C26H25FN8O2S. The molecule has 1 amide bonds. The maximum atomic E-state index is 13.3. The van der Waals surface area contributed by atoms with E-state index in [0.29, 0.717) is 49.1 Å². The maximum Gasteiger partial charge on any atom is 0.277 e. The molecule has 0 N–H and O–H groups in total. The molecule has 0 unspecified atom stereocenters. The van der Waals surface area contributed by atoms with Crippen LogP contribution in [0.2, 0.25) is 0 Å². The molecule has 0 spiro atoms. The van der Waals surface area contributed by atoms with Gasteiger partial charge in [0.05, 0.1) is 18.1 Å². The van der Waals surface area contributed by atoms with Gasteiger partial charge in [-0.2, -0.15) is 4.98 Å². The van der Waals surface area contributed by atoms with E-state index in [1.54, 1.807) is 47.7 Å². The summed E-state index contributed by atoms with van der Waals surface area (Å²) in [5, 5.41) is 0.431. The molecule has 4 heterocycles. The lowest BCUT2D eigenvalue weighted by Gasteiger charge is -2.36. The van der Waals surface area contributed by atoms with Crippen LogP contribution in [0.3, 0.4) is 0 Å². The van der Waals surface area contributed by atoms with Gasteiger partial charge in [0.1, 0.15) is 25.0 Å². The van der Waals surface area contributed by atoms with Gasteiger partial charge < -0.3 is 14.4 Å². The molecule has 12 heteroatoms. The second-order valence-electron chi connectivity index (χ2n) is 8.78. The first-order valence-electron chi connectivity index (χ1n) is 12.0. The predicted molar refractivity (Wildman–Crippen MR) is 140 cm³/mol. The molecule has 1 aliphatic rings. The Kier molecular flexibility index (Phi) is 7.98. The Labute approximate surface area is 222 Å². The van der Waals surface area contributed by atoms with Gasteiger partial charge in [-0.1, -0.05) is 23.9 Å². The van der Waals surface area contributed by atoms with E-state index in [1.807, 2.05) is 4.90 Å². The second kappa shape index (κ2) is 11.9. The Morgan fingerprint density at radius 3 is 2.24 bits per heavy atom. The highest BCUT2D eigenvalue weighted by Gasteiger charge is 2.23. The number of anilines is 1. The van der Waals surface area contributed by atoms with E-state index in [0.717, 1.165) is 16.8 Å². The van der Waals surface area contributed by atoms with Crippen molar-refractivity contribution in [2.45, 2.75) is 23.9 Å². The number of hydrogen-bond donors (Lipinski definition) is 0. The number of piperazine rings is 1. The summed E-state index contributed by atoms with van der Waals surface area (Å²) in [6.45, 7) is 2.52. The van der Waals surface area contributed by atoms with Crippen molar-refractivity contribution in [3.63, 3.8) is 0 Å². The molecular weight excluding hydrogens is 507 g/mol. The summed E-state index contributed by atoms with van der Waals surface area (Å²) in [6.07, 6.45) is 11.8. The number of benzene rings is 1. The van der Waals surface area contributed by atoms with Gasteiger partial charge in [0.25, 0.3) is 5.56 Å². The van der Waals surface area contributed by atoms with Crippen LogP contribution in [0.1, 0.15) is 16.7 Å².